The Morgan fingerprint density at radius 2 is 2.19 bits per heavy atom. The van der Waals surface area contributed by atoms with Crippen LogP contribution in [0.3, 0.4) is 0 Å². The third kappa shape index (κ3) is 3.59. The number of rotatable bonds is 4. The summed E-state index contributed by atoms with van der Waals surface area (Å²) in [5, 5.41) is 13.5. The second kappa shape index (κ2) is 7.29. The highest BCUT2D eigenvalue weighted by atomic mass is 19.1. The van der Waals surface area contributed by atoms with Gasteiger partial charge < -0.3 is 5.32 Å². The Morgan fingerprint density at radius 3 is 2.96 bits per heavy atom. The van der Waals surface area contributed by atoms with Gasteiger partial charge in [-0.25, -0.2) is 19.4 Å². The van der Waals surface area contributed by atoms with Gasteiger partial charge in [-0.3, -0.25) is 9.63 Å². The first-order valence-electron chi connectivity index (χ1n) is 8.84. The first-order valence-corrected chi connectivity index (χ1v) is 8.84. The quantitative estimate of drug-likeness (QED) is 0.893. The molecular weight excluding hydrogens is 349 g/mol. The first kappa shape index (κ1) is 17.4. The molecule has 8 heteroatoms. The standard InChI is InChI=1S/C19H18FN5O2/c20-14-3-1-2-12(6-14)17-4-5-27-25(17)19(26)13-7-15(8-13)24-18-9-16(10-21)22-11-23-18/h1-3,6,9,11,13,15,17H,4-5,7-8H2,(H,22,23,24)/t13?,15?,17-/m0/s1. The number of amides is 1. The van der Waals surface area contributed by atoms with Crippen LogP contribution in [0.5, 0.6) is 0 Å². The SMILES string of the molecule is N#Cc1cc(NC2CC(C(=O)N3OCC[C@H]3c3cccc(F)c3)C2)ncn1. The van der Waals surface area contributed by atoms with Crippen molar-refractivity contribution in [1.29, 1.82) is 5.26 Å². The Labute approximate surface area is 155 Å². The zero-order chi connectivity index (χ0) is 18.8. The summed E-state index contributed by atoms with van der Waals surface area (Å²) in [7, 11) is 0. The van der Waals surface area contributed by atoms with Crippen molar-refractivity contribution in [2.24, 2.45) is 5.92 Å². The molecule has 4 rings (SSSR count). The van der Waals surface area contributed by atoms with Crippen LogP contribution in [0.15, 0.2) is 36.7 Å². The molecule has 1 aliphatic heterocycles. The Morgan fingerprint density at radius 1 is 1.33 bits per heavy atom. The van der Waals surface area contributed by atoms with E-state index in [0.717, 1.165) is 5.56 Å². The van der Waals surface area contributed by atoms with Crippen LogP contribution in [-0.2, 0) is 9.63 Å². The molecule has 0 bridgehead atoms. The highest BCUT2D eigenvalue weighted by Gasteiger charge is 2.41. The van der Waals surface area contributed by atoms with E-state index in [2.05, 4.69) is 15.3 Å². The molecule has 2 fully saturated rings. The number of carbonyl (C=O) groups excluding carboxylic acids is 1. The maximum atomic E-state index is 13.5. The van der Waals surface area contributed by atoms with Crippen LogP contribution in [0.4, 0.5) is 10.2 Å². The zero-order valence-corrected chi connectivity index (χ0v) is 14.5. The molecule has 2 aliphatic rings. The van der Waals surface area contributed by atoms with E-state index in [9.17, 15) is 9.18 Å². The van der Waals surface area contributed by atoms with Gasteiger partial charge in [0.05, 0.1) is 12.6 Å². The number of hydroxylamine groups is 2. The molecule has 2 heterocycles. The fraction of sp³-hybridized carbons (Fsp3) is 0.368. The molecule has 7 nitrogen and oxygen atoms in total. The van der Waals surface area contributed by atoms with Gasteiger partial charge >= 0.3 is 0 Å². The van der Waals surface area contributed by atoms with Crippen LogP contribution in [-0.4, -0.2) is 33.6 Å². The van der Waals surface area contributed by atoms with E-state index in [1.54, 1.807) is 12.1 Å². The van der Waals surface area contributed by atoms with Crippen molar-refractivity contribution in [3.05, 3.63) is 53.7 Å². The molecule has 138 valence electrons. The van der Waals surface area contributed by atoms with Crippen LogP contribution in [0, 0.1) is 23.1 Å². The van der Waals surface area contributed by atoms with Gasteiger partial charge in [0.1, 0.15) is 29.7 Å². The van der Waals surface area contributed by atoms with Gasteiger partial charge in [-0.2, -0.15) is 5.26 Å². The topological polar surface area (TPSA) is 91.1 Å². The molecule has 27 heavy (non-hydrogen) atoms. The summed E-state index contributed by atoms with van der Waals surface area (Å²) in [6, 6.07) is 9.71. The van der Waals surface area contributed by atoms with Crippen molar-refractivity contribution in [3.63, 3.8) is 0 Å². The van der Waals surface area contributed by atoms with E-state index in [1.807, 2.05) is 12.1 Å². The lowest BCUT2D eigenvalue weighted by molar-refractivity contribution is -0.184. The van der Waals surface area contributed by atoms with Crippen LogP contribution < -0.4 is 5.32 Å². The fourth-order valence-corrected chi connectivity index (χ4v) is 3.53. The van der Waals surface area contributed by atoms with Crippen molar-refractivity contribution in [2.45, 2.75) is 31.3 Å². The normalized spacial score (nSPS) is 24.1. The summed E-state index contributed by atoms with van der Waals surface area (Å²) in [5.74, 6) is 0.0444. The molecular formula is C19H18FN5O2. The number of nitrogens with zero attached hydrogens (tertiary/aromatic N) is 4. The summed E-state index contributed by atoms with van der Waals surface area (Å²) in [6.07, 6.45) is 3.30. The molecule has 1 amide bonds. The van der Waals surface area contributed by atoms with E-state index in [0.29, 0.717) is 37.4 Å². The van der Waals surface area contributed by atoms with Gasteiger partial charge in [-0.05, 0) is 30.5 Å². The highest BCUT2D eigenvalue weighted by molar-refractivity contribution is 5.80. The van der Waals surface area contributed by atoms with Crippen LogP contribution in [0.1, 0.15) is 36.6 Å². The highest BCUT2D eigenvalue weighted by Crippen LogP contribution is 2.37. The lowest BCUT2D eigenvalue weighted by atomic mass is 9.79. The smallest absolute Gasteiger partial charge is 0.249 e. The number of carbonyl (C=O) groups is 1. The van der Waals surface area contributed by atoms with Gasteiger partial charge in [-0.1, -0.05) is 12.1 Å². The van der Waals surface area contributed by atoms with Crippen molar-refractivity contribution in [2.75, 3.05) is 11.9 Å². The molecule has 2 aromatic rings. The van der Waals surface area contributed by atoms with E-state index < -0.39 is 0 Å². The summed E-state index contributed by atoms with van der Waals surface area (Å²) >= 11 is 0. The van der Waals surface area contributed by atoms with Crippen molar-refractivity contribution < 1.29 is 14.0 Å². The molecule has 0 radical (unpaired) electrons. The van der Waals surface area contributed by atoms with E-state index >= 15 is 0 Å². The van der Waals surface area contributed by atoms with Gasteiger partial charge in [0.15, 0.2) is 0 Å². The summed E-state index contributed by atoms with van der Waals surface area (Å²) in [4.78, 5) is 26.3. The molecule has 0 spiro atoms. The lowest BCUT2D eigenvalue weighted by Crippen LogP contribution is -2.45. The van der Waals surface area contributed by atoms with Gasteiger partial charge in [0, 0.05) is 24.4 Å². The van der Waals surface area contributed by atoms with Gasteiger partial charge in [0.2, 0.25) is 5.91 Å². The number of anilines is 1. The maximum absolute atomic E-state index is 13.5. The Bertz CT molecular complexity index is 894. The van der Waals surface area contributed by atoms with E-state index in [-0.39, 0.29) is 29.7 Å². The molecule has 1 N–H and O–H groups in total. The predicted molar refractivity (Wildman–Crippen MR) is 93.4 cm³/mol. The number of hydrogen-bond donors (Lipinski definition) is 1. The fourth-order valence-electron chi connectivity index (χ4n) is 3.53. The van der Waals surface area contributed by atoms with Crippen LogP contribution in [0.25, 0.3) is 0 Å². The van der Waals surface area contributed by atoms with Gasteiger partial charge in [0.25, 0.3) is 0 Å². The predicted octanol–water partition coefficient (Wildman–Crippen LogP) is 2.58. The molecule has 0 unspecified atom stereocenters. The van der Waals surface area contributed by atoms with Crippen LogP contribution >= 0.6 is 0 Å². The minimum Gasteiger partial charge on any atom is -0.367 e. The third-order valence-corrected chi connectivity index (χ3v) is 4.98. The first-order chi connectivity index (χ1) is 13.1. The van der Waals surface area contributed by atoms with Crippen molar-refractivity contribution in [1.82, 2.24) is 15.0 Å². The number of hydrogen-bond acceptors (Lipinski definition) is 6. The lowest BCUT2D eigenvalue weighted by Gasteiger charge is -2.37. The third-order valence-electron chi connectivity index (χ3n) is 4.98. The number of nitriles is 1. The second-order valence-electron chi connectivity index (χ2n) is 6.77. The molecule has 1 saturated heterocycles. The second-order valence-corrected chi connectivity index (χ2v) is 6.77. The average molecular weight is 367 g/mol. The van der Waals surface area contributed by atoms with E-state index in [4.69, 9.17) is 10.1 Å². The Balaban J connectivity index is 1.36. The van der Waals surface area contributed by atoms with Crippen molar-refractivity contribution in [3.8, 4) is 6.07 Å². The monoisotopic (exact) mass is 367 g/mol. The largest absolute Gasteiger partial charge is 0.367 e. The maximum Gasteiger partial charge on any atom is 0.249 e. The summed E-state index contributed by atoms with van der Waals surface area (Å²) < 4.78 is 13.5. The average Bonchev–Trinajstić information content (AvgIpc) is 3.14. The molecule has 1 aliphatic carbocycles. The molecule has 1 atom stereocenters. The number of halogens is 1. The van der Waals surface area contributed by atoms with Crippen molar-refractivity contribution >= 4 is 11.7 Å². The number of nitrogens with one attached hydrogen (secondary N) is 1. The molecule has 1 saturated carbocycles. The molecule has 1 aromatic heterocycles. The van der Waals surface area contributed by atoms with E-state index in [1.165, 1.54) is 23.5 Å². The Kier molecular flexibility index (Phi) is 4.69. The minimum absolute atomic E-state index is 0.0692. The zero-order valence-electron chi connectivity index (χ0n) is 14.5. The number of benzene rings is 1. The van der Waals surface area contributed by atoms with Crippen LogP contribution in [0.2, 0.25) is 0 Å². The van der Waals surface area contributed by atoms with Gasteiger partial charge in [-0.15, -0.1) is 0 Å². The minimum atomic E-state index is -0.318. The summed E-state index contributed by atoms with van der Waals surface area (Å²) in [5.41, 5.74) is 1.04. The Hall–Kier alpha value is -3.05. The number of aromatic nitrogens is 2. The summed E-state index contributed by atoms with van der Waals surface area (Å²) in [6.45, 7) is 0.444. The molecule has 1 aromatic carbocycles.